The van der Waals surface area contributed by atoms with Crippen molar-refractivity contribution >= 4 is 17.2 Å². The number of rotatable bonds is 5. The van der Waals surface area contributed by atoms with Gasteiger partial charge in [0.15, 0.2) is 5.78 Å². The third-order valence-electron chi connectivity index (χ3n) is 6.35. The van der Waals surface area contributed by atoms with Gasteiger partial charge in [0.05, 0.1) is 0 Å². The number of hydrogen-bond acceptors (Lipinski definition) is 4. The molecule has 2 aromatic carbocycles. The number of ketones is 1. The average molecular weight is 378 g/mol. The van der Waals surface area contributed by atoms with Gasteiger partial charge in [-0.15, -0.1) is 0 Å². The number of fused-ring (bicyclic) bond motifs is 1. The molecule has 0 aliphatic carbocycles. The number of hydrogen-bond donors (Lipinski definition) is 0. The summed E-state index contributed by atoms with van der Waals surface area (Å²) in [5.74, 6) is 0.270. The highest BCUT2D eigenvalue weighted by molar-refractivity contribution is 5.97. The van der Waals surface area contributed by atoms with Crippen LogP contribution < -0.4 is 9.80 Å². The van der Waals surface area contributed by atoms with Crippen molar-refractivity contribution in [2.75, 3.05) is 49.6 Å². The van der Waals surface area contributed by atoms with Crippen molar-refractivity contribution in [1.82, 2.24) is 4.90 Å². The molecule has 0 aromatic heterocycles. The molecule has 0 radical (unpaired) electrons. The first kappa shape index (κ1) is 19.0. The molecule has 4 heteroatoms. The molecule has 0 saturated carbocycles. The van der Waals surface area contributed by atoms with Crippen molar-refractivity contribution < 1.29 is 4.79 Å². The van der Waals surface area contributed by atoms with Crippen LogP contribution in [0.3, 0.4) is 0 Å². The summed E-state index contributed by atoms with van der Waals surface area (Å²) in [7, 11) is 2.13. The van der Waals surface area contributed by atoms with E-state index in [9.17, 15) is 4.79 Å². The summed E-state index contributed by atoms with van der Waals surface area (Å²) in [4.78, 5) is 19.9. The van der Waals surface area contributed by atoms with Crippen LogP contribution in [0.15, 0.2) is 42.5 Å². The highest BCUT2D eigenvalue weighted by atomic mass is 16.1. The van der Waals surface area contributed by atoms with E-state index in [-0.39, 0.29) is 5.78 Å². The van der Waals surface area contributed by atoms with Gasteiger partial charge in [0.2, 0.25) is 0 Å². The Kier molecular flexibility index (Phi) is 5.40. The van der Waals surface area contributed by atoms with Crippen molar-refractivity contribution in [1.29, 1.82) is 0 Å². The van der Waals surface area contributed by atoms with Gasteiger partial charge in [-0.05, 0) is 61.7 Å². The molecule has 2 aliphatic heterocycles. The third-order valence-corrected chi connectivity index (χ3v) is 6.35. The smallest absolute Gasteiger partial charge is 0.164 e. The fourth-order valence-corrected chi connectivity index (χ4v) is 4.42. The Morgan fingerprint density at radius 2 is 1.86 bits per heavy atom. The van der Waals surface area contributed by atoms with Crippen molar-refractivity contribution in [2.24, 2.45) is 0 Å². The van der Waals surface area contributed by atoms with E-state index in [1.54, 1.807) is 0 Å². The molecule has 4 nitrogen and oxygen atoms in total. The maximum Gasteiger partial charge on any atom is 0.164 e. The molecule has 1 fully saturated rings. The van der Waals surface area contributed by atoms with Gasteiger partial charge in [0, 0.05) is 69.2 Å². The molecule has 1 saturated heterocycles. The number of aryl methyl sites for hydroxylation is 1. The quantitative estimate of drug-likeness (QED) is 0.741. The lowest BCUT2D eigenvalue weighted by Gasteiger charge is -2.36. The van der Waals surface area contributed by atoms with Gasteiger partial charge < -0.3 is 9.80 Å². The summed E-state index contributed by atoms with van der Waals surface area (Å²) in [6.07, 6.45) is 1.64. The highest BCUT2D eigenvalue weighted by Crippen LogP contribution is 2.31. The van der Waals surface area contributed by atoms with Crippen LogP contribution in [0.1, 0.15) is 34.8 Å². The van der Waals surface area contributed by atoms with E-state index in [4.69, 9.17) is 0 Å². The third kappa shape index (κ3) is 3.93. The number of benzene rings is 2. The highest BCUT2D eigenvalue weighted by Gasteiger charge is 2.24. The molecule has 1 atom stereocenters. The first-order valence-corrected chi connectivity index (χ1v) is 10.4. The predicted molar refractivity (Wildman–Crippen MR) is 117 cm³/mol. The Balaban J connectivity index is 1.29. The normalized spacial score (nSPS) is 19.8. The summed E-state index contributed by atoms with van der Waals surface area (Å²) in [5.41, 5.74) is 6.08. The van der Waals surface area contributed by atoms with Crippen LogP contribution in [-0.2, 0) is 6.42 Å². The second-order valence-electron chi connectivity index (χ2n) is 8.35. The van der Waals surface area contributed by atoms with Crippen molar-refractivity contribution in [3.05, 3.63) is 59.2 Å². The van der Waals surface area contributed by atoms with E-state index in [0.717, 1.165) is 44.7 Å². The average Bonchev–Trinajstić information content (AvgIpc) is 2.99. The number of carbonyl (C=O) groups excluding carboxylic acids is 1. The topological polar surface area (TPSA) is 26.8 Å². The van der Waals surface area contributed by atoms with E-state index >= 15 is 0 Å². The zero-order valence-corrected chi connectivity index (χ0v) is 17.3. The zero-order chi connectivity index (χ0) is 19.7. The molecule has 148 valence electrons. The van der Waals surface area contributed by atoms with Gasteiger partial charge in [-0.2, -0.15) is 0 Å². The molecule has 0 N–H and O–H groups in total. The Hall–Kier alpha value is -2.33. The Labute approximate surface area is 168 Å². The van der Waals surface area contributed by atoms with E-state index in [0.29, 0.717) is 12.5 Å². The fourth-order valence-electron chi connectivity index (χ4n) is 4.42. The van der Waals surface area contributed by atoms with Crippen LogP contribution in [0.4, 0.5) is 11.4 Å². The number of nitrogens with zero attached hydrogens (tertiary/aromatic N) is 3. The lowest BCUT2D eigenvalue weighted by Crippen LogP contribution is -2.46. The van der Waals surface area contributed by atoms with Gasteiger partial charge >= 0.3 is 0 Å². The second kappa shape index (κ2) is 7.96. The summed E-state index contributed by atoms with van der Waals surface area (Å²) < 4.78 is 0. The number of Topliss-reactive ketones (excluding diaryl/α,β-unsaturated/α-hetero) is 1. The number of likely N-dealkylation sites (N-methyl/N-ethyl adjacent to an activating group) is 1. The van der Waals surface area contributed by atoms with E-state index in [2.05, 4.69) is 72.0 Å². The van der Waals surface area contributed by atoms with Gasteiger partial charge in [0.1, 0.15) is 0 Å². The standard InChI is InChI=1S/C24H31N3O/c1-18-5-4-6-22(15-18)27-13-11-26(12-14-27)10-9-24(28)20-7-8-23-21(17-20)16-19(2)25(23)3/h4-8,15,17,19H,9-14,16H2,1-3H3. The second-order valence-corrected chi connectivity index (χ2v) is 8.35. The molecule has 0 bridgehead atoms. The van der Waals surface area contributed by atoms with Gasteiger partial charge in [0.25, 0.3) is 0 Å². The lowest BCUT2D eigenvalue weighted by atomic mass is 10.0. The van der Waals surface area contributed by atoms with Gasteiger partial charge in [-0.1, -0.05) is 12.1 Å². The van der Waals surface area contributed by atoms with Crippen LogP contribution in [0.25, 0.3) is 0 Å². The summed E-state index contributed by atoms with van der Waals surface area (Å²) in [5, 5.41) is 0. The van der Waals surface area contributed by atoms with Crippen LogP contribution in [0.2, 0.25) is 0 Å². The van der Waals surface area contributed by atoms with Crippen LogP contribution in [0.5, 0.6) is 0 Å². The summed E-state index contributed by atoms with van der Waals surface area (Å²) in [6.45, 7) is 9.33. The summed E-state index contributed by atoms with van der Waals surface area (Å²) >= 11 is 0. The minimum atomic E-state index is 0.270. The van der Waals surface area contributed by atoms with E-state index in [1.165, 1.54) is 22.5 Å². The summed E-state index contributed by atoms with van der Waals surface area (Å²) in [6, 6.07) is 15.5. The molecule has 1 unspecified atom stereocenters. The van der Waals surface area contributed by atoms with Crippen molar-refractivity contribution in [3.8, 4) is 0 Å². The molecule has 28 heavy (non-hydrogen) atoms. The van der Waals surface area contributed by atoms with E-state index < -0.39 is 0 Å². The maximum absolute atomic E-state index is 12.7. The first-order valence-electron chi connectivity index (χ1n) is 10.4. The number of anilines is 2. The molecular formula is C24H31N3O. The van der Waals surface area contributed by atoms with Crippen LogP contribution in [0, 0.1) is 6.92 Å². The molecule has 4 rings (SSSR count). The number of piperazine rings is 1. The first-order chi connectivity index (χ1) is 13.5. The largest absolute Gasteiger partial charge is 0.371 e. The Morgan fingerprint density at radius 1 is 1.07 bits per heavy atom. The van der Waals surface area contributed by atoms with Crippen molar-refractivity contribution in [2.45, 2.75) is 32.7 Å². The molecular weight excluding hydrogens is 346 g/mol. The zero-order valence-electron chi connectivity index (χ0n) is 17.3. The fraction of sp³-hybridized carbons (Fsp3) is 0.458. The predicted octanol–water partition coefficient (Wildman–Crippen LogP) is 3.77. The lowest BCUT2D eigenvalue weighted by molar-refractivity contribution is 0.0962. The van der Waals surface area contributed by atoms with Crippen LogP contribution >= 0.6 is 0 Å². The van der Waals surface area contributed by atoms with Gasteiger partial charge in [-0.25, -0.2) is 0 Å². The Morgan fingerprint density at radius 3 is 2.61 bits per heavy atom. The monoisotopic (exact) mass is 377 g/mol. The molecule has 0 amide bonds. The molecule has 0 spiro atoms. The number of carbonyl (C=O) groups is 1. The molecule has 2 heterocycles. The van der Waals surface area contributed by atoms with Gasteiger partial charge in [-0.3, -0.25) is 9.69 Å². The van der Waals surface area contributed by atoms with E-state index in [1.807, 2.05) is 6.07 Å². The SMILES string of the molecule is Cc1cccc(N2CCN(CCC(=O)c3ccc4c(c3)CC(C)N4C)CC2)c1. The molecule has 2 aromatic rings. The minimum absolute atomic E-state index is 0.270. The maximum atomic E-state index is 12.7. The Bertz CT molecular complexity index is 855. The van der Waals surface area contributed by atoms with Crippen LogP contribution in [-0.4, -0.2) is 56.5 Å². The van der Waals surface area contributed by atoms with Crippen molar-refractivity contribution in [3.63, 3.8) is 0 Å². The minimum Gasteiger partial charge on any atom is -0.371 e. The molecule has 2 aliphatic rings.